The second-order valence-electron chi connectivity index (χ2n) is 9.34. The molecule has 0 atom stereocenters. The Kier molecular flexibility index (Phi) is 8.34. The van der Waals surface area contributed by atoms with Gasteiger partial charge in [-0.05, 0) is 0 Å². The Labute approximate surface area is 236 Å². The zero-order chi connectivity index (χ0) is 30.3. The van der Waals surface area contributed by atoms with Crippen molar-refractivity contribution < 1.29 is 60.6 Å². The van der Waals surface area contributed by atoms with Crippen molar-refractivity contribution in [3.63, 3.8) is 0 Å². The van der Waals surface area contributed by atoms with E-state index in [1.165, 1.54) is 12.2 Å². The summed E-state index contributed by atoms with van der Waals surface area (Å²) < 4.78 is 111. The van der Waals surface area contributed by atoms with Crippen molar-refractivity contribution in [1.82, 2.24) is 0 Å². The van der Waals surface area contributed by atoms with E-state index in [9.17, 15) is 26.4 Å². The number of allylic oxidation sites excluding steroid dienone is 8. The number of nitrogens with one attached hydrogen (secondary N) is 2. The number of hydrogen-bond acceptors (Lipinski definition) is 6. The Morgan fingerprint density at radius 2 is 1.05 bits per heavy atom. The zero-order valence-corrected chi connectivity index (χ0v) is 24.7. The second kappa shape index (κ2) is 11.2. The molecule has 4 rings (SSSR count). The minimum absolute atomic E-state index is 0.0505. The first-order chi connectivity index (χ1) is 19.1. The van der Waals surface area contributed by atoms with E-state index in [0.717, 1.165) is 24.3 Å². The Balaban J connectivity index is 2.12. The molecule has 0 unspecified atom stereocenters. The fraction of sp³-hybridized carbons (Fsp3) is 0.154. The average molecular weight is 646 g/mol. The van der Waals surface area contributed by atoms with Crippen LogP contribution in [0, 0.1) is 23.3 Å². The van der Waals surface area contributed by atoms with Crippen LogP contribution >= 0.6 is 0 Å². The Morgan fingerprint density at radius 3 is 1.34 bits per heavy atom. The van der Waals surface area contributed by atoms with E-state index in [2.05, 4.69) is 0 Å². The fourth-order valence-corrected chi connectivity index (χ4v) is 13.7. The molecule has 0 heterocycles. The summed E-state index contributed by atoms with van der Waals surface area (Å²) in [5.41, 5.74) is -1.46. The van der Waals surface area contributed by atoms with Gasteiger partial charge in [-0.15, -0.1) is 0 Å². The van der Waals surface area contributed by atoms with Gasteiger partial charge in [-0.1, -0.05) is 0 Å². The van der Waals surface area contributed by atoms with Gasteiger partial charge in [0, 0.05) is 0 Å². The van der Waals surface area contributed by atoms with E-state index in [1.54, 1.807) is 24.3 Å². The summed E-state index contributed by atoms with van der Waals surface area (Å²) in [6.07, 6.45) is 10.6. The van der Waals surface area contributed by atoms with E-state index >= 15 is 17.6 Å². The molecule has 0 saturated heterocycles. The molecule has 15 heteroatoms. The Morgan fingerprint density at radius 1 is 0.683 bits per heavy atom. The van der Waals surface area contributed by atoms with Crippen LogP contribution in [-0.2, 0) is 36.3 Å². The Hall–Kier alpha value is -3.33. The van der Waals surface area contributed by atoms with Gasteiger partial charge >= 0.3 is 238 Å². The van der Waals surface area contributed by atoms with Gasteiger partial charge in [0.2, 0.25) is 0 Å². The van der Waals surface area contributed by atoms with E-state index in [0.29, 0.717) is 12.5 Å². The number of benzene rings is 2. The van der Waals surface area contributed by atoms with Crippen LogP contribution in [0.1, 0.15) is 12.8 Å². The summed E-state index contributed by atoms with van der Waals surface area (Å²) in [6.45, 7) is 0. The van der Waals surface area contributed by atoms with Gasteiger partial charge in [-0.25, -0.2) is 0 Å². The molecule has 2 aromatic carbocycles. The first-order valence-corrected chi connectivity index (χ1v) is 18.7. The maximum absolute atomic E-state index is 16.4. The van der Waals surface area contributed by atoms with E-state index in [1.807, 2.05) is 10.6 Å². The second-order valence-corrected chi connectivity index (χ2v) is 19.1. The van der Waals surface area contributed by atoms with Gasteiger partial charge in [0.1, 0.15) is 0 Å². The van der Waals surface area contributed by atoms with E-state index in [4.69, 9.17) is 0 Å². The van der Waals surface area contributed by atoms with Crippen LogP contribution in [0.15, 0.2) is 68.5 Å². The molecule has 0 bridgehead atoms. The molecule has 0 spiro atoms. The number of amides is 2. The van der Waals surface area contributed by atoms with Gasteiger partial charge in [0.25, 0.3) is 0 Å². The minimum atomic E-state index is -5.40. The molecule has 2 aromatic rings. The number of hydrogen-bond donors (Lipinski definition) is 2. The Bertz CT molecular complexity index is 1700. The molecule has 0 radical (unpaired) electrons. The van der Waals surface area contributed by atoms with Crippen LogP contribution < -0.4 is 18.4 Å². The summed E-state index contributed by atoms with van der Waals surface area (Å²) in [5.74, 6) is -5.26. The summed E-state index contributed by atoms with van der Waals surface area (Å²) >= 11 is -5.40. The number of sulfone groups is 2. The maximum atomic E-state index is 16.4. The molecule has 41 heavy (non-hydrogen) atoms. The van der Waals surface area contributed by atoms with Gasteiger partial charge < -0.3 is 0 Å². The van der Waals surface area contributed by atoms with Gasteiger partial charge in [-0.2, -0.15) is 0 Å². The number of halogens is 4. The predicted octanol–water partition coefficient (Wildman–Crippen LogP) is 4.19. The van der Waals surface area contributed by atoms with Crippen molar-refractivity contribution in [2.45, 2.75) is 12.8 Å². The summed E-state index contributed by atoms with van der Waals surface area (Å²) in [5, 5.41) is 0.602. The van der Waals surface area contributed by atoms with Gasteiger partial charge in [0.15, 0.2) is 0 Å². The van der Waals surface area contributed by atoms with Crippen molar-refractivity contribution in [1.29, 1.82) is 0 Å². The fourth-order valence-electron chi connectivity index (χ4n) is 4.82. The standard InChI is InChI=1S/2C8H6F2NO3S.2C5H5.Ti/c2*1-15(13,14)8(12)11-7-3-2-5(9)4-6(7)10;2*1-2-4-5-3-1;/h2*2-3H,1H3,(H,11,12);2*1-3H,4H2;. The van der Waals surface area contributed by atoms with Crippen molar-refractivity contribution in [3.8, 4) is 0 Å². The molecule has 2 N–H and O–H groups in total. The van der Waals surface area contributed by atoms with Crippen LogP contribution in [0.2, 0.25) is 0 Å². The predicted molar refractivity (Wildman–Crippen MR) is 143 cm³/mol. The summed E-state index contributed by atoms with van der Waals surface area (Å²) in [7, 11) is -8.70. The average Bonchev–Trinajstić information content (AvgIpc) is 3.60. The van der Waals surface area contributed by atoms with Gasteiger partial charge in [-0.3, -0.25) is 0 Å². The van der Waals surface area contributed by atoms with Crippen LogP contribution in [0.5, 0.6) is 0 Å². The first kappa shape index (κ1) is 30.6. The van der Waals surface area contributed by atoms with E-state index in [-0.39, 0.29) is 20.6 Å². The van der Waals surface area contributed by atoms with Gasteiger partial charge in [0.05, 0.1) is 0 Å². The topological polar surface area (TPSA) is 126 Å². The molecule has 0 saturated carbocycles. The van der Waals surface area contributed by atoms with Crippen LogP contribution in [-0.4, -0.2) is 39.8 Å². The third kappa shape index (κ3) is 5.61. The molecule has 0 aliphatic heterocycles. The quantitative estimate of drug-likeness (QED) is 0.358. The molecule has 0 aromatic heterocycles. The zero-order valence-electron chi connectivity index (χ0n) is 21.5. The molecule has 2 aliphatic rings. The number of rotatable bonds is 6. The molecule has 0 fully saturated rings. The molecular formula is C26H22F4N2O6S2Ti. The van der Waals surface area contributed by atoms with Crippen molar-refractivity contribution in [3.05, 3.63) is 91.7 Å². The van der Waals surface area contributed by atoms with Crippen molar-refractivity contribution >= 4 is 49.3 Å². The van der Waals surface area contributed by atoms with Crippen LogP contribution in [0.25, 0.3) is 0 Å². The normalized spacial score (nSPS) is 15.1. The third-order valence-corrected chi connectivity index (χ3v) is 16.1. The monoisotopic (exact) mass is 646 g/mol. The third-order valence-electron chi connectivity index (χ3n) is 6.59. The number of carbonyl (C=O) groups excluding carboxylic acids is 2. The molecule has 216 valence electrons. The SMILES string of the molecule is CS(=O)(=O)C(=O)Nc1ccc(F)[c]([Ti]([C]2=CC=CC2)([C]2=CC=CC2)[c]2c(F)ccc(NC(=O)S(C)(=O)=O)c2F)c1F. The molecular weight excluding hydrogens is 624 g/mol. The molecule has 8 nitrogen and oxygen atoms in total. The number of anilines is 2. The number of carbonyl (C=O) groups is 2. The van der Waals surface area contributed by atoms with Crippen molar-refractivity contribution in [2.75, 3.05) is 23.1 Å². The van der Waals surface area contributed by atoms with Crippen LogP contribution in [0.4, 0.5) is 38.5 Å². The summed E-state index contributed by atoms with van der Waals surface area (Å²) in [4.78, 5) is 24.3. The van der Waals surface area contributed by atoms with Crippen molar-refractivity contribution in [2.24, 2.45) is 0 Å². The van der Waals surface area contributed by atoms with E-state index < -0.39 is 89.1 Å². The first-order valence-electron chi connectivity index (χ1n) is 11.8. The van der Waals surface area contributed by atoms with Crippen LogP contribution in [0.3, 0.4) is 0 Å². The summed E-state index contributed by atoms with van der Waals surface area (Å²) in [6, 6.07) is 3.10. The molecule has 2 amide bonds. The molecule has 2 aliphatic carbocycles.